The molecule has 464 valence electrons. The topological polar surface area (TPSA) is 335 Å². The van der Waals surface area contributed by atoms with E-state index in [1.165, 1.54) is 17.0 Å². The molecule has 3 aliphatic rings. The standard InChI is InChI=1S/C34H30N2O8.C24H10O7.C10H24N2O3.K/c35-11-1-13-41-15-17-43-18-16-42-14-2-12-36-31(37)23-7-3-19-21-5-9-25-30-26(34(40)44-33(25)39)10-6-22(28(21)30)20-4-8-24(32(36)38)29(23)27(19)20;25-21(26)13-5-1-9-11-3-7-15-20-16(24(30)31-23(15)29)8-4-12(18(11)20)10-2-6-14(22(27)28)19(13)17(9)10;11-3-1-5-13-7-9-15-10-8-14-6-2-4-12;/h3-10H,1-2,11-18,35H2;1-8H,(H,25,26)(H,27,28);1-12H2;/q;;;+1/p-1. The molecule has 91 heavy (non-hydrogen) atoms. The van der Waals surface area contributed by atoms with E-state index in [1.807, 2.05) is 24.3 Å². The van der Waals surface area contributed by atoms with Crippen LogP contribution in [-0.2, 0) is 37.9 Å². The molecular weight excluding hydrogens is 1200 g/mol. The van der Waals surface area contributed by atoms with Gasteiger partial charge in [-0.25, -0.2) is 24.0 Å². The third-order valence-corrected chi connectivity index (χ3v) is 16.1. The zero-order valence-corrected chi connectivity index (χ0v) is 53.1. The summed E-state index contributed by atoms with van der Waals surface area (Å²) in [4.78, 5) is 102. The Morgan fingerprint density at radius 3 is 0.934 bits per heavy atom. The number of fused-ring (bicyclic) bond motifs is 4. The molecule has 23 heteroatoms. The number of carbonyl (C=O) groups excluding carboxylic acids is 7. The van der Waals surface area contributed by atoms with Crippen molar-refractivity contribution in [1.82, 2.24) is 4.90 Å². The Labute approximate surface area is 562 Å². The van der Waals surface area contributed by atoms with Crippen LogP contribution < -0.4 is 73.7 Å². The maximum atomic E-state index is 13.7. The average molecular weight is 1260 g/mol. The van der Waals surface area contributed by atoms with Gasteiger partial charge in [0.25, 0.3) is 11.8 Å². The number of carbonyl (C=O) groups is 8. The van der Waals surface area contributed by atoms with Gasteiger partial charge in [-0.3, -0.25) is 14.5 Å². The Hall–Kier alpha value is -7.56. The van der Waals surface area contributed by atoms with Crippen LogP contribution in [0.3, 0.4) is 0 Å². The van der Waals surface area contributed by atoms with E-state index in [2.05, 4.69) is 0 Å². The predicted octanol–water partition coefficient (Wildman–Crippen LogP) is 4.28. The molecule has 0 fully saturated rings. The van der Waals surface area contributed by atoms with Crippen molar-refractivity contribution in [2.45, 2.75) is 25.7 Å². The van der Waals surface area contributed by atoms with Gasteiger partial charge in [0.2, 0.25) is 0 Å². The smallest absolute Gasteiger partial charge is 0.545 e. The number of imide groups is 1. The first kappa shape index (κ1) is 66.4. The van der Waals surface area contributed by atoms with Crippen LogP contribution in [0, 0.1) is 0 Å². The van der Waals surface area contributed by atoms with Gasteiger partial charge < -0.3 is 70.1 Å². The van der Waals surface area contributed by atoms with Crippen LogP contribution in [0.5, 0.6) is 0 Å². The number of carboxylic acid groups (broad SMARTS) is 2. The summed E-state index contributed by atoms with van der Waals surface area (Å²) in [5.41, 5.74) is 17.8. The molecule has 10 aromatic rings. The van der Waals surface area contributed by atoms with Crippen LogP contribution in [-0.4, -0.2) is 163 Å². The van der Waals surface area contributed by atoms with Crippen molar-refractivity contribution < 1.29 is 138 Å². The number of hydrogen-bond acceptors (Lipinski definition) is 20. The van der Waals surface area contributed by atoms with Crippen LogP contribution in [0.1, 0.15) is 109 Å². The molecule has 0 aliphatic carbocycles. The van der Waals surface area contributed by atoms with Crippen molar-refractivity contribution in [3.63, 3.8) is 0 Å². The number of rotatable bonds is 27. The van der Waals surface area contributed by atoms with Gasteiger partial charge in [-0.2, -0.15) is 0 Å². The molecule has 10 aromatic carbocycles. The SMILES string of the molecule is NCCCOCCOCCOCCCN.NCCCOCCOCCOCCCN1C(=O)c2ccc3c4ccc5c6c(ccc(c7ccc(c2c37)C1=O)c64)C(=O)OC5=O.O=C([O-])c1ccc2c3ccc4c5c(ccc(c6ccc(C(=O)O)c1c26)c53)C(=O)OC4=O.[K+]. The fraction of sp³-hybridized carbons (Fsp3) is 0.294. The summed E-state index contributed by atoms with van der Waals surface area (Å²) in [5, 5.41) is 31.9. The zero-order valence-electron chi connectivity index (χ0n) is 49.9. The van der Waals surface area contributed by atoms with Crippen molar-refractivity contribution >= 4 is 134 Å². The average Bonchev–Trinajstić information content (AvgIpc) is 0.742. The molecular formula is C68H63KN4O18. The van der Waals surface area contributed by atoms with Gasteiger partial charge in [-0.15, -0.1) is 0 Å². The fourth-order valence-electron chi connectivity index (χ4n) is 12.1. The molecule has 0 saturated carbocycles. The van der Waals surface area contributed by atoms with Crippen LogP contribution in [0.15, 0.2) is 97.1 Å². The minimum Gasteiger partial charge on any atom is -0.545 e. The second-order valence-electron chi connectivity index (χ2n) is 21.4. The summed E-state index contributed by atoms with van der Waals surface area (Å²) in [6, 6.07) is 26.7. The first-order chi connectivity index (χ1) is 43.8. The Morgan fingerprint density at radius 1 is 0.363 bits per heavy atom. The van der Waals surface area contributed by atoms with Gasteiger partial charge in [-0.05, 0) is 152 Å². The summed E-state index contributed by atoms with van der Waals surface area (Å²) in [6.07, 6.45) is 3.13. The van der Waals surface area contributed by atoms with Crippen molar-refractivity contribution in [3.8, 4) is 0 Å². The molecule has 13 rings (SSSR count). The molecule has 0 spiro atoms. The van der Waals surface area contributed by atoms with Gasteiger partial charge in [0.15, 0.2) is 0 Å². The number of benzene rings is 10. The van der Waals surface area contributed by atoms with Crippen LogP contribution in [0.4, 0.5) is 0 Å². The monoisotopic (exact) mass is 1260 g/mol. The number of cyclic esters (lactones) is 4. The van der Waals surface area contributed by atoms with Crippen molar-refractivity contribution in [1.29, 1.82) is 0 Å². The summed E-state index contributed by atoms with van der Waals surface area (Å²) >= 11 is 0. The second-order valence-corrected chi connectivity index (χ2v) is 21.4. The van der Waals surface area contributed by atoms with Gasteiger partial charge in [-0.1, -0.05) is 54.6 Å². The quantitative estimate of drug-likeness (QED) is 0.0106. The van der Waals surface area contributed by atoms with E-state index in [9.17, 15) is 48.6 Å². The minimum atomic E-state index is -1.48. The largest absolute Gasteiger partial charge is 1.00 e. The Bertz CT molecular complexity index is 4250. The van der Waals surface area contributed by atoms with Crippen LogP contribution in [0.2, 0.25) is 0 Å². The predicted molar refractivity (Wildman–Crippen MR) is 332 cm³/mol. The van der Waals surface area contributed by atoms with E-state index in [0.717, 1.165) is 51.6 Å². The molecule has 0 saturated heterocycles. The Kier molecular flexibility index (Phi) is 21.7. The zero-order chi connectivity index (χ0) is 63.2. The van der Waals surface area contributed by atoms with E-state index in [0.29, 0.717) is 176 Å². The summed E-state index contributed by atoms with van der Waals surface area (Å²) < 4.78 is 42.1. The van der Waals surface area contributed by atoms with E-state index < -0.39 is 35.8 Å². The van der Waals surface area contributed by atoms with Gasteiger partial charge in [0.1, 0.15) is 0 Å². The number of nitrogens with two attached hydrogens (primary N) is 3. The summed E-state index contributed by atoms with van der Waals surface area (Å²) in [5.74, 6) is -6.21. The molecule has 3 aliphatic heterocycles. The number of esters is 4. The van der Waals surface area contributed by atoms with Crippen molar-refractivity contribution in [2.24, 2.45) is 17.2 Å². The van der Waals surface area contributed by atoms with Crippen molar-refractivity contribution in [2.75, 3.05) is 105 Å². The van der Waals surface area contributed by atoms with E-state index in [4.69, 9.17) is 55.1 Å². The first-order valence-corrected chi connectivity index (χ1v) is 29.6. The molecule has 0 bridgehead atoms. The molecule has 7 N–H and O–H groups in total. The number of ether oxygens (including phenoxy) is 8. The normalized spacial score (nSPS) is 13.4. The van der Waals surface area contributed by atoms with Gasteiger partial charge >= 0.3 is 81.2 Å². The molecule has 0 radical (unpaired) electrons. The van der Waals surface area contributed by atoms with E-state index in [1.54, 1.807) is 60.7 Å². The number of carboxylic acids is 2. The molecule has 0 aromatic heterocycles. The number of nitrogens with zero attached hydrogens (tertiary/aromatic N) is 1. The number of amides is 2. The Morgan fingerprint density at radius 2 is 0.626 bits per heavy atom. The maximum absolute atomic E-state index is 13.7. The first-order valence-electron chi connectivity index (χ1n) is 29.6. The third-order valence-electron chi connectivity index (χ3n) is 16.1. The second kappa shape index (κ2) is 29.8. The molecule has 22 nitrogen and oxygen atoms in total. The van der Waals surface area contributed by atoms with Gasteiger partial charge in [0, 0.05) is 71.2 Å². The number of aromatic carboxylic acids is 2. The maximum Gasteiger partial charge on any atom is 1.00 e. The molecule has 2 amide bonds. The van der Waals surface area contributed by atoms with Gasteiger partial charge in [0.05, 0.1) is 86.6 Å². The van der Waals surface area contributed by atoms with Crippen molar-refractivity contribution in [3.05, 3.63) is 142 Å². The summed E-state index contributed by atoms with van der Waals surface area (Å²) in [7, 11) is 0. The van der Waals surface area contributed by atoms with E-state index in [-0.39, 0.29) is 97.4 Å². The molecule has 0 atom stereocenters. The number of hydrogen-bond donors (Lipinski definition) is 4. The fourth-order valence-corrected chi connectivity index (χ4v) is 12.1. The summed E-state index contributed by atoms with van der Waals surface area (Å²) in [6.45, 7) is 8.95. The van der Waals surface area contributed by atoms with Crippen LogP contribution in [0.25, 0.3) is 86.2 Å². The van der Waals surface area contributed by atoms with Crippen LogP contribution >= 0.6 is 0 Å². The molecule has 3 heterocycles. The van der Waals surface area contributed by atoms with E-state index >= 15 is 0 Å². The molecule has 0 unspecified atom stereocenters. The third kappa shape index (κ3) is 13.0. The minimum absolute atomic E-state index is 0. The Balaban J connectivity index is 0.000000168.